The molecule has 114 valence electrons. The molecule has 0 amide bonds. The van der Waals surface area contributed by atoms with E-state index in [9.17, 15) is 5.11 Å². The fourth-order valence-corrected chi connectivity index (χ4v) is 4.89. The number of hydrogen-bond donors (Lipinski definition) is 1. The quantitative estimate of drug-likeness (QED) is 0.514. The first-order valence-electron chi connectivity index (χ1n) is 7.06. The molecule has 0 spiro atoms. The Morgan fingerprint density at radius 2 is 1.74 bits per heavy atom. The number of para-hydroxylation sites is 1. The number of rotatable bonds is 3. The molecule has 6 heteroatoms. The van der Waals surface area contributed by atoms with Gasteiger partial charge in [-0.15, -0.1) is 11.3 Å². The Morgan fingerprint density at radius 3 is 2.52 bits per heavy atom. The highest BCUT2D eigenvalue weighted by Crippen LogP contribution is 2.34. The maximum absolute atomic E-state index is 10.6. The molecule has 0 aliphatic rings. The van der Waals surface area contributed by atoms with E-state index in [2.05, 4.69) is 4.98 Å². The van der Waals surface area contributed by atoms with Crippen LogP contribution in [0.4, 0.5) is 0 Å². The molecule has 4 aromatic rings. The number of benzene rings is 2. The van der Waals surface area contributed by atoms with Gasteiger partial charge >= 0.3 is 0 Å². The summed E-state index contributed by atoms with van der Waals surface area (Å²) in [5.74, 6) is 0.197. The molecule has 0 unspecified atom stereocenters. The van der Waals surface area contributed by atoms with E-state index < -0.39 is 0 Å². The molecule has 23 heavy (non-hydrogen) atoms. The molecule has 0 atom stereocenters. The van der Waals surface area contributed by atoms with E-state index in [1.807, 2.05) is 54.6 Å². The van der Waals surface area contributed by atoms with Crippen LogP contribution in [0, 0.1) is 3.95 Å². The summed E-state index contributed by atoms with van der Waals surface area (Å²) in [6.45, 7) is 0. The first-order chi connectivity index (χ1) is 11.2. The van der Waals surface area contributed by atoms with Crippen LogP contribution in [-0.2, 0) is 6.42 Å². The Kier molecular flexibility index (Phi) is 3.72. The van der Waals surface area contributed by atoms with Gasteiger partial charge in [0.1, 0.15) is 0 Å². The van der Waals surface area contributed by atoms with Gasteiger partial charge in [0.2, 0.25) is 5.88 Å². The minimum absolute atomic E-state index is 0.197. The lowest BCUT2D eigenvalue weighted by molar-refractivity contribution is 0.437. The van der Waals surface area contributed by atoms with Crippen molar-refractivity contribution in [2.75, 3.05) is 0 Å². The average molecular weight is 356 g/mol. The SMILES string of the molecule is Oc1c(Cc2ccccc2)sc(=S)n1-c1nc2ccccc2s1. The smallest absolute Gasteiger partial charge is 0.213 e. The van der Waals surface area contributed by atoms with Crippen molar-refractivity contribution >= 4 is 45.1 Å². The van der Waals surface area contributed by atoms with Crippen LogP contribution in [-0.4, -0.2) is 14.7 Å². The standard InChI is InChI=1S/C17H12N2OS3/c20-15-14(10-11-6-2-1-3-7-11)23-17(21)19(15)16-18-12-8-4-5-9-13(12)22-16/h1-9,20H,10H2. The van der Waals surface area contributed by atoms with Crippen LogP contribution in [0.3, 0.4) is 0 Å². The normalized spacial score (nSPS) is 11.1. The van der Waals surface area contributed by atoms with Gasteiger partial charge in [0.05, 0.1) is 15.1 Å². The third-order valence-electron chi connectivity index (χ3n) is 3.54. The molecular weight excluding hydrogens is 344 g/mol. The second kappa shape index (κ2) is 5.88. The topological polar surface area (TPSA) is 38.0 Å². The molecule has 0 saturated carbocycles. The Balaban J connectivity index is 1.79. The van der Waals surface area contributed by atoms with Crippen LogP contribution < -0.4 is 0 Å². The zero-order valence-corrected chi connectivity index (χ0v) is 14.4. The maximum Gasteiger partial charge on any atom is 0.213 e. The van der Waals surface area contributed by atoms with Gasteiger partial charge in [0.15, 0.2) is 9.09 Å². The number of hydrogen-bond acceptors (Lipinski definition) is 5. The summed E-state index contributed by atoms with van der Waals surface area (Å²) >= 11 is 8.42. The van der Waals surface area contributed by atoms with Crippen molar-refractivity contribution in [1.29, 1.82) is 0 Å². The Labute approximate surface area is 146 Å². The minimum Gasteiger partial charge on any atom is -0.493 e. The van der Waals surface area contributed by atoms with E-state index in [4.69, 9.17) is 12.2 Å². The van der Waals surface area contributed by atoms with Crippen molar-refractivity contribution in [3.63, 3.8) is 0 Å². The molecule has 0 aliphatic heterocycles. The predicted molar refractivity (Wildman–Crippen MR) is 98.6 cm³/mol. The molecule has 1 N–H and O–H groups in total. The molecular formula is C17H12N2OS3. The zero-order valence-electron chi connectivity index (χ0n) is 12.0. The second-order valence-electron chi connectivity index (χ2n) is 5.08. The van der Waals surface area contributed by atoms with Crippen molar-refractivity contribution in [3.05, 3.63) is 69.0 Å². The number of aromatic nitrogens is 2. The van der Waals surface area contributed by atoms with E-state index in [1.54, 1.807) is 4.57 Å². The predicted octanol–water partition coefficient (Wildman–Crippen LogP) is 5.17. The van der Waals surface area contributed by atoms with E-state index in [1.165, 1.54) is 22.7 Å². The van der Waals surface area contributed by atoms with Gasteiger partial charge in [-0.25, -0.2) is 9.55 Å². The number of aromatic hydroxyl groups is 1. The van der Waals surface area contributed by atoms with Crippen molar-refractivity contribution < 1.29 is 5.11 Å². The van der Waals surface area contributed by atoms with E-state index in [-0.39, 0.29) is 5.88 Å². The second-order valence-corrected chi connectivity index (χ2v) is 7.81. The summed E-state index contributed by atoms with van der Waals surface area (Å²) in [7, 11) is 0. The lowest BCUT2D eigenvalue weighted by Crippen LogP contribution is -1.93. The summed E-state index contributed by atoms with van der Waals surface area (Å²) in [4.78, 5) is 5.45. The molecule has 3 nitrogen and oxygen atoms in total. The van der Waals surface area contributed by atoms with Gasteiger partial charge in [-0.3, -0.25) is 0 Å². The van der Waals surface area contributed by atoms with E-state index in [0.29, 0.717) is 15.5 Å². The van der Waals surface area contributed by atoms with Crippen LogP contribution in [0.25, 0.3) is 15.3 Å². The first kappa shape index (κ1) is 14.6. The highest BCUT2D eigenvalue weighted by molar-refractivity contribution is 7.73. The van der Waals surface area contributed by atoms with Crippen molar-refractivity contribution in [3.8, 4) is 11.0 Å². The Morgan fingerprint density at radius 1 is 1.00 bits per heavy atom. The van der Waals surface area contributed by atoms with Gasteiger partial charge in [-0.05, 0) is 29.9 Å². The van der Waals surface area contributed by atoms with Gasteiger partial charge in [-0.1, -0.05) is 53.8 Å². The number of fused-ring (bicyclic) bond motifs is 1. The molecule has 0 fully saturated rings. The van der Waals surface area contributed by atoms with Crippen LogP contribution in [0.5, 0.6) is 5.88 Å². The number of nitrogens with zero attached hydrogens (tertiary/aromatic N) is 2. The Hall–Kier alpha value is -2.02. The summed E-state index contributed by atoms with van der Waals surface area (Å²) < 4.78 is 3.37. The highest BCUT2D eigenvalue weighted by Gasteiger charge is 2.16. The van der Waals surface area contributed by atoms with Crippen molar-refractivity contribution in [2.45, 2.75) is 6.42 Å². The molecule has 4 rings (SSSR count). The fourth-order valence-electron chi connectivity index (χ4n) is 2.43. The largest absolute Gasteiger partial charge is 0.493 e. The summed E-state index contributed by atoms with van der Waals surface area (Å²) in [6.07, 6.45) is 0.666. The zero-order chi connectivity index (χ0) is 15.8. The third kappa shape index (κ3) is 2.69. The third-order valence-corrected chi connectivity index (χ3v) is 5.92. The molecule has 0 bridgehead atoms. The molecule has 2 aromatic carbocycles. The molecule has 0 saturated heterocycles. The fraction of sp³-hybridized carbons (Fsp3) is 0.0588. The van der Waals surface area contributed by atoms with Crippen molar-refractivity contribution in [2.24, 2.45) is 0 Å². The van der Waals surface area contributed by atoms with Crippen LogP contribution >= 0.6 is 34.9 Å². The lowest BCUT2D eigenvalue weighted by atomic mass is 10.1. The molecule has 0 aliphatic carbocycles. The maximum atomic E-state index is 10.6. The van der Waals surface area contributed by atoms with Gasteiger partial charge in [0, 0.05) is 6.42 Å². The van der Waals surface area contributed by atoms with Gasteiger partial charge < -0.3 is 5.11 Å². The Bertz CT molecular complexity index is 998. The van der Waals surface area contributed by atoms with Crippen LogP contribution in [0.2, 0.25) is 0 Å². The van der Waals surface area contributed by atoms with Crippen LogP contribution in [0.15, 0.2) is 54.6 Å². The summed E-state index contributed by atoms with van der Waals surface area (Å²) in [5.41, 5.74) is 2.07. The summed E-state index contributed by atoms with van der Waals surface area (Å²) in [5, 5.41) is 11.3. The summed E-state index contributed by atoms with van der Waals surface area (Å²) in [6, 6.07) is 18.0. The number of thiazole rings is 2. The first-order valence-corrected chi connectivity index (χ1v) is 9.10. The lowest BCUT2D eigenvalue weighted by Gasteiger charge is -2.01. The highest BCUT2D eigenvalue weighted by atomic mass is 32.1. The molecule has 2 aromatic heterocycles. The van der Waals surface area contributed by atoms with E-state index in [0.717, 1.165) is 20.7 Å². The van der Waals surface area contributed by atoms with Crippen LogP contribution in [0.1, 0.15) is 10.4 Å². The van der Waals surface area contributed by atoms with Gasteiger partial charge in [0.25, 0.3) is 0 Å². The van der Waals surface area contributed by atoms with Gasteiger partial charge in [-0.2, -0.15) is 0 Å². The molecule has 0 radical (unpaired) electrons. The monoisotopic (exact) mass is 356 g/mol. The minimum atomic E-state index is 0.197. The molecule has 2 heterocycles. The average Bonchev–Trinajstić information content (AvgIpc) is 3.09. The van der Waals surface area contributed by atoms with E-state index >= 15 is 0 Å². The van der Waals surface area contributed by atoms with Crippen molar-refractivity contribution in [1.82, 2.24) is 9.55 Å².